The monoisotopic (exact) mass is 806 g/mol. The molecule has 0 saturated carbocycles. The zero-order valence-corrected chi connectivity index (χ0v) is 27.9. The average Bonchev–Trinajstić information content (AvgIpc) is 2.50. The standard InChI is InChI=1S/C16H24N2.2BrH.2Hg/c1-5-10-17-11-14(3)18(15(4)12-17)16-8-6-13(2)7-9-16;;;;/h6-9,14-15H,3-5,10-12H2,1-2H3;2*1H;;/q;;;2*+1/p-2. The van der Waals surface area contributed by atoms with Crippen molar-refractivity contribution in [2.45, 2.75) is 40.2 Å². The van der Waals surface area contributed by atoms with Crippen LogP contribution in [0.25, 0.3) is 0 Å². The van der Waals surface area contributed by atoms with Gasteiger partial charge in [0.05, 0.1) is 0 Å². The number of hydrogen-bond donors (Lipinski definition) is 0. The molecule has 0 aliphatic carbocycles. The topological polar surface area (TPSA) is 6.48 Å². The first kappa shape index (κ1) is 20.1. The molecule has 1 aromatic rings. The summed E-state index contributed by atoms with van der Waals surface area (Å²) in [7, 11) is 0. The summed E-state index contributed by atoms with van der Waals surface area (Å²) in [5.74, 6) is 0. The van der Waals surface area contributed by atoms with Crippen LogP contribution in [0, 0.1) is 6.92 Å². The van der Waals surface area contributed by atoms with Gasteiger partial charge in [-0.1, -0.05) is 0 Å². The van der Waals surface area contributed by atoms with E-state index < -0.39 is 44.3 Å². The molecule has 0 aromatic heterocycles. The van der Waals surface area contributed by atoms with Gasteiger partial charge in [0.2, 0.25) is 0 Å². The molecule has 2 rings (SSSR count). The van der Waals surface area contributed by atoms with Crippen LogP contribution in [0.4, 0.5) is 5.69 Å². The fourth-order valence-corrected chi connectivity index (χ4v) is 18.3. The molecule has 1 aromatic carbocycles. The van der Waals surface area contributed by atoms with E-state index in [1.165, 1.54) is 45.2 Å². The summed E-state index contributed by atoms with van der Waals surface area (Å²) in [6.45, 7) is 8.30. The van der Waals surface area contributed by atoms with Crippen molar-refractivity contribution in [3.63, 3.8) is 0 Å². The molecule has 1 heterocycles. The zero-order chi connectivity index (χ0) is 15.9. The van der Waals surface area contributed by atoms with Crippen LogP contribution < -0.4 is 4.90 Å². The minimum absolute atomic E-state index is 0.737. The number of halogens is 2. The van der Waals surface area contributed by atoms with Gasteiger partial charge in [0.15, 0.2) is 0 Å². The Kier molecular flexibility index (Phi) is 9.81. The number of rotatable bonds is 7. The Morgan fingerprint density at radius 1 is 1.05 bits per heavy atom. The van der Waals surface area contributed by atoms with E-state index in [-0.39, 0.29) is 0 Å². The summed E-state index contributed by atoms with van der Waals surface area (Å²) in [6.07, 6.45) is 1.28. The first-order valence-electron chi connectivity index (χ1n) is 8.38. The molecule has 0 N–H and O–H groups in total. The summed E-state index contributed by atoms with van der Waals surface area (Å²) in [6, 6.07) is 10.7. The Bertz CT molecular complexity index is 428. The van der Waals surface area contributed by atoms with Gasteiger partial charge in [-0.15, -0.1) is 0 Å². The Morgan fingerprint density at radius 2 is 1.59 bits per heavy atom. The average molecular weight is 805 g/mol. The van der Waals surface area contributed by atoms with E-state index in [2.05, 4.69) is 71.7 Å². The van der Waals surface area contributed by atoms with Gasteiger partial charge in [0.25, 0.3) is 0 Å². The third kappa shape index (κ3) is 5.67. The van der Waals surface area contributed by atoms with Crippen LogP contribution >= 0.6 is 23.8 Å². The van der Waals surface area contributed by atoms with Crippen molar-refractivity contribution in [1.82, 2.24) is 4.90 Å². The van der Waals surface area contributed by atoms with E-state index in [1.807, 2.05) is 0 Å². The van der Waals surface area contributed by atoms with E-state index in [9.17, 15) is 0 Å². The third-order valence-corrected chi connectivity index (χ3v) is 19.4. The van der Waals surface area contributed by atoms with Gasteiger partial charge in [-0.25, -0.2) is 0 Å². The molecule has 116 valence electrons. The Labute approximate surface area is 171 Å². The summed E-state index contributed by atoms with van der Waals surface area (Å²) in [4.78, 5) is 5.53. The molecule has 2 atom stereocenters. The van der Waals surface area contributed by atoms with Crippen LogP contribution in [0.5, 0.6) is 0 Å². The number of hydrogen-bond acceptors (Lipinski definition) is 2. The summed E-state index contributed by atoms with van der Waals surface area (Å²) in [5, 5.41) is 0. The normalized spacial score (nSPS) is 22.3. The molecule has 0 radical (unpaired) electrons. The second kappa shape index (κ2) is 10.7. The molecule has 6 heteroatoms. The zero-order valence-electron chi connectivity index (χ0n) is 13.8. The predicted molar refractivity (Wildman–Crippen MR) is 95.4 cm³/mol. The Hall–Kier alpha value is 1.81. The van der Waals surface area contributed by atoms with Gasteiger partial charge < -0.3 is 0 Å². The summed E-state index contributed by atoms with van der Waals surface area (Å²) in [5.41, 5.74) is 2.82. The van der Waals surface area contributed by atoms with E-state index in [0.29, 0.717) is 0 Å². The van der Waals surface area contributed by atoms with Crippen LogP contribution in [0.3, 0.4) is 0 Å². The molecule has 1 aliphatic heterocycles. The van der Waals surface area contributed by atoms with Crippen molar-refractivity contribution < 1.29 is 44.3 Å². The molecule has 2 unspecified atom stereocenters. The van der Waals surface area contributed by atoms with Crippen molar-refractivity contribution in [2.75, 3.05) is 24.5 Å². The first-order chi connectivity index (χ1) is 10.7. The minimum atomic E-state index is -0.810. The van der Waals surface area contributed by atoms with Crippen LogP contribution in [0.1, 0.15) is 18.9 Å². The number of benzene rings is 1. The predicted octanol–water partition coefficient (Wildman–Crippen LogP) is 4.89. The summed E-state index contributed by atoms with van der Waals surface area (Å²) < 4.78 is 2.90. The van der Waals surface area contributed by atoms with Gasteiger partial charge in [-0.2, -0.15) is 0 Å². The Morgan fingerprint density at radius 3 is 2.05 bits per heavy atom. The Balaban J connectivity index is 2.25. The second-order valence-electron chi connectivity index (χ2n) is 6.27. The molecule has 0 amide bonds. The number of piperazine rings is 1. The molecule has 22 heavy (non-hydrogen) atoms. The van der Waals surface area contributed by atoms with E-state index >= 15 is 0 Å². The molecule has 1 aliphatic rings. The van der Waals surface area contributed by atoms with E-state index in [4.69, 9.17) is 0 Å². The fourth-order valence-electron chi connectivity index (χ4n) is 3.49. The van der Waals surface area contributed by atoms with Crippen molar-refractivity contribution in [2.24, 2.45) is 0 Å². The van der Waals surface area contributed by atoms with E-state index in [0.717, 1.165) is 12.1 Å². The van der Waals surface area contributed by atoms with Crippen molar-refractivity contribution in [3.05, 3.63) is 29.8 Å². The number of aryl methyl sites for hydroxylation is 1. The fraction of sp³-hybridized carbons (Fsp3) is 0.625. The molecule has 2 nitrogen and oxygen atoms in total. The quantitative estimate of drug-likeness (QED) is 0.363. The maximum atomic E-state index is 3.90. The SMILES string of the molecule is CCCN1CC([CH2][Hg][Br])N(c2ccc(C)cc2)C([CH2][Hg][Br])C1. The van der Waals surface area contributed by atoms with Crippen LogP contribution in [-0.2, 0) is 44.3 Å². The van der Waals surface area contributed by atoms with Crippen LogP contribution in [-0.4, -0.2) is 36.6 Å². The molecule has 1 fully saturated rings. The van der Waals surface area contributed by atoms with Crippen LogP contribution in [0.15, 0.2) is 24.3 Å². The van der Waals surface area contributed by atoms with Crippen LogP contribution in [0.2, 0.25) is 7.86 Å². The van der Waals surface area contributed by atoms with Crippen molar-refractivity contribution in [1.29, 1.82) is 0 Å². The maximum absolute atomic E-state index is 3.90. The molecule has 1 saturated heterocycles. The third-order valence-electron chi connectivity index (χ3n) is 4.48. The van der Waals surface area contributed by atoms with Gasteiger partial charge in [-0.05, 0) is 0 Å². The van der Waals surface area contributed by atoms with Gasteiger partial charge in [0.1, 0.15) is 0 Å². The van der Waals surface area contributed by atoms with Crippen molar-refractivity contribution in [3.8, 4) is 0 Å². The number of nitrogens with zero attached hydrogens (tertiary/aromatic N) is 2. The van der Waals surface area contributed by atoms with Gasteiger partial charge >= 0.3 is 173 Å². The summed E-state index contributed by atoms with van der Waals surface area (Å²) >= 11 is 6.17. The first-order valence-corrected chi connectivity index (χ1v) is 40.0. The molecular weight excluding hydrogens is 781 g/mol. The molecule has 0 bridgehead atoms. The molecule has 0 spiro atoms. The van der Waals surface area contributed by atoms with E-state index in [1.54, 1.807) is 0 Å². The van der Waals surface area contributed by atoms with Crippen molar-refractivity contribution >= 4 is 29.5 Å². The number of anilines is 1. The molecular formula is C16H24Br2Hg2N2. The van der Waals surface area contributed by atoms with Gasteiger partial charge in [-0.3, -0.25) is 0 Å². The van der Waals surface area contributed by atoms with Gasteiger partial charge in [0, 0.05) is 0 Å². The second-order valence-corrected chi connectivity index (χ2v) is 27.6.